The first-order valence-electron chi connectivity index (χ1n) is 6.09. The molecule has 3 nitrogen and oxygen atoms in total. The molecule has 0 aliphatic carbocycles. The molecule has 0 saturated heterocycles. The summed E-state index contributed by atoms with van der Waals surface area (Å²) in [6.07, 6.45) is 1.84. The van der Waals surface area contributed by atoms with Crippen LogP contribution in [0.2, 0.25) is 0 Å². The van der Waals surface area contributed by atoms with Gasteiger partial charge in [-0.05, 0) is 37.8 Å². The van der Waals surface area contributed by atoms with Crippen LogP contribution in [0.3, 0.4) is 0 Å². The first-order valence-corrected chi connectivity index (χ1v) is 6.09. The third-order valence-corrected chi connectivity index (χ3v) is 2.75. The highest BCUT2D eigenvalue weighted by Crippen LogP contribution is 2.05. The third kappa shape index (κ3) is 5.00. The number of nitrogens with one attached hydrogen (secondary N) is 1. The number of hydrogen-bond acceptors (Lipinski definition) is 2. The first-order chi connectivity index (χ1) is 8.13. The lowest BCUT2D eigenvalue weighted by molar-refractivity contribution is 0.0952. The van der Waals surface area contributed by atoms with E-state index >= 15 is 0 Å². The lowest BCUT2D eigenvalue weighted by Crippen LogP contribution is -2.24. The van der Waals surface area contributed by atoms with Crippen LogP contribution in [0.5, 0.6) is 0 Å². The molecule has 1 rings (SSSR count). The predicted octanol–water partition coefficient (Wildman–Crippen LogP) is 2.13. The average Bonchev–Trinajstić information content (AvgIpc) is 2.34. The van der Waals surface area contributed by atoms with Crippen molar-refractivity contribution < 1.29 is 9.90 Å². The van der Waals surface area contributed by atoms with E-state index in [4.69, 9.17) is 5.11 Å². The second-order valence-corrected chi connectivity index (χ2v) is 4.56. The minimum atomic E-state index is -0.0228. The van der Waals surface area contributed by atoms with Crippen molar-refractivity contribution in [1.29, 1.82) is 0 Å². The van der Waals surface area contributed by atoms with Crippen molar-refractivity contribution in [2.45, 2.75) is 26.7 Å². The molecule has 0 radical (unpaired) electrons. The van der Waals surface area contributed by atoms with Crippen molar-refractivity contribution in [3.05, 3.63) is 35.4 Å². The molecule has 0 bridgehead atoms. The van der Waals surface area contributed by atoms with Crippen LogP contribution < -0.4 is 5.32 Å². The van der Waals surface area contributed by atoms with Crippen LogP contribution >= 0.6 is 0 Å². The smallest absolute Gasteiger partial charge is 0.251 e. The largest absolute Gasteiger partial charge is 0.396 e. The second-order valence-electron chi connectivity index (χ2n) is 4.56. The van der Waals surface area contributed by atoms with Gasteiger partial charge in [0.05, 0.1) is 0 Å². The molecular formula is C14H21NO2. The summed E-state index contributed by atoms with van der Waals surface area (Å²) >= 11 is 0. The lowest BCUT2D eigenvalue weighted by atomic mass is 10.1. The van der Waals surface area contributed by atoms with E-state index in [1.54, 1.807) is 0 Å². The molecule has 17 heavy (non-hydrogen) atoms. The minimum Gasteiger partial charge on any atom is -0.396 e. The highest BCUT2D eigenvalue weighted by Gasteiger charge is 2.05. The number of benzene rings is 1. The number of aryl methyl sites for hydroxylation is 1. The van der Waals surface area contributed by atoms with Crippen LogP contribution in [0, 0.1) is 12.8 Å². The molecular weight excluding hydrogens is 214 g/mol. The predicted molar refractivity (Wildman–Crippen MR) is 69.0 cm³/mol. The van der Waals surface area contributed by atoms with Crippen molar-refractivity contribution in [3.8, 4) is 0 Å². The van der Waals surface area contributed by atoms with Gasteiger partial charge in [0.25, 0.3) is 5.91 Å². The Labute approximate surface area is 103 Å². The van der Waals surface area contributed by atoms with Crippen LogP contribution in [0.1, 0.15) is 35.7 Å². The molecule has 1 atom stereocenters. The third-order valence-electron chi connectivity index (χ3n) is 2.75. The summed E-state index contributed by atoms with van der Waals surface area (Å²) in [4.78, 5) is 11.8. The lowest BCUT2D eigenvalue weighted by Gasteiger charge is -2.08. The fourth-order valence-electron chi connectivity index (χ4n) is 1.63. The maximum Gasteiger partial charge on any atom is 0.251 e. The molecule has 1 aromatic carbocycles. The Bertz CT molecular complexity index is 363. The summed E-state index contributed by atoms with van der Waals surface area (Å²) < 4.78 is 0. The van der Waals surface area contributed by atoms with Gasteiger partial charge < -0.3 is 10.4 Å². The zero-order chi connectivity index (χ0) is 12.7. The molecule has 3 heteroatoms. The average molecular weight is 235 g/mol. The van der Waals surface area contributed by atoms with Gasteiger partial charge in [0, 0.05) is 18.7 Å². The number of carbonyl (C=O) groups is 1. The Kier molecular flexibility index (Phi) is 5.70. The Balaban J connectivity index is 2.30. The summed E-state index contributed by atoms with van der Waals surface area (Å²) in [6, 6.07) is 7.56. The quantitative estimate of drug-likeness (QED) is 0.742. The normalized spacial score (nSPS) is 12.2. The van der Waals surface area contributed by atoms with E-state index in [9.17, 15) is 4.79 Å². The highest BCUT2D eigenvalue weighted by atomic mass is 16.3. The second kappa shape index (κ2) is 7.07. The molecule has 0 aromatic heterocycles. The number of aliphatic hydroxyl groups excluding tert-OH is 1. The van der Waals surface area contributed by atoms with Crippen molar-refractivity contribution in [2.24, 2.45) is 5.92 Å². The minimum absolute atomic E-state index is 0.0228. The van der Waals surface area contributed by atoms with E-state index in [-0.39, 0.29) is 12.5 Å². The maximum atomic E-state index is 11.8. The molecule has 0 heterocycles. The van der Waals surface area contributed by atoms with Gasteiger partial charge in [0.1, 0.15) is 0 Å². The van der Waals surface area contributed by atoms with Crippen LogP contribution in [-0.4, -0.2) is 24.2 Å². The zero-order valence-corrected chi connectivity index (χ0v) is 10.6. The number of rotatable bonds is 6. The molecule has 1 amide bonds. The van der Waals surface area contributed by atoms with Gasteiger partial charge in [-0.1, -0.05) is 24.6 Å². The van der Waals surface area contributed by atoms with E-state index in [0.29, 0.717) is 18.0 Å². The summed E-state index contributed by atoms with van der Waals surface area (Å²) in [7, 11) is 0. The van der Waals surface area contributed by atoms with Gasteiger partial charge in [-0.3, -0.25) is 4.79 Å². The standard InChI is InChI=1S/C14H21NO2/c1-11-5-3-7-13(9-11)14(17)15-8-4-6-12(2)10-16/h3,5,7,9,12,16H,4,6,8,10H2,1-2H3,(H,15,17). The topological polar surface area (TPSA) is 49.3 Å². The Morgan fingerprint density at radius 1 is 1.47 bits per heavy atom. The highest BCUT2D eigenvalue weighted by molar-refractivity contribution is 5.94. The van der Waals surface area contributed by atoms with Crippen LogP contribution in [0.25, 0.3) is 0 Å². The number of amides is 1. The number of aliphatic hydroxyl groups is 1. The van der Waals surface area contributed by atoms with Crippen molar-refractivity contribution in [1.82, 2.24) is 5.32 Å². The molecule has 1 aromatic rings. The van der Waals surface area contributed by atoms with Crippen LogP contribution in [0.15, 0.2) is 24.3 Å². The molecule has 0 aliphatic rings. The maximum absolute atomic E-state index is 11.8. The Hall–Kier alpha value is -1.35. The van der Waals surface area contributed by atoms with Crippen LogP contribution in [0.4, 0.5) is 0 Å². The van der Waals surface area contributed by atoms with Crippen molar-refractivity contribution in [3.63, 3.8) is 0 Å². The number of hydrogen-bond donors (Lipinski definition) is 2. The van der Waals surface area contributed by atoms with Crippen LogP contribution in [-0.2, 0) is 0 Å². The van der Waals surface area contributed by atoms with E-state index in [1.165, 1.54) is 0 Å². The first kappa shape index (κ1) is 13.7. The van der Waals surface area contributed by atoms with E-state index in [2.05, 4.69) is 5.32 Å². The zero-order valence-electron chi connectivity index (χ0n) is 10.6. The van der Waals surface area contributed by atoms with Crippen molar-refractivity contribution in [2.75, 3.05) is 13.2 Å². The van der Waals surface area contributed by atoms with Gasteiger partial charge in [0.2, 0.25) is 0 Å². The van der Waals surface area contributed by atoms with Crippen molar-refractivity contribution >= 4 is 5.91 Å². The molecule has 2 N–H and O–H groups in total. The molecule has 0 fully saturated rings. The monoisotopic (exact) mass is 235 g/mol. The summed E-state index contributed by atoms with van der Waals surface area (Å²) in [5, 5.41) is 11.7. The Morgan fingerprint density at radius 2 is 2.24 bits per heavy atom. The molecule has 0 spiro atoms. The molecule has 0 aliphatic heterocycles. The SMILES string of the molecule is Cc1cccc(C(=O)NCCCC(C)CO)c1. The molecule has 1 unspecified atom stereocenters. The fourth-order valence-corrected chi connectivity index (χ4v) is 1.63. The van der Waals surface area contributed by atoms with Gasteiger partial charge in [-0.25, -0.2) is 0 Å². The number of carbonyl (C=O) groups excluding carboxylic acids is 1. The van der Waals surface area contributed by atoms with Gasteiger partial charge >= 0.3 is 0 Å². The summed E-state index contributed by atoms with van der Waals surface area (Å²) in [5.41, 5.74) is 1.80. The fraction of sp³-hybridized carbons (Fsp3) is 0.500. The van der Waals surface area contributed by atoms with Gasteiger partial charge in [-0.2, -0.15) is 0 Å². The van der Waals surface area contributed by atoms with E-state index in [0.717, 1.165) is 18.4 Å². The summed E-state index contributed by atoms with van der Waals surface area (Å²) in [5.74, 6) is 0.288. The van der Waals surface area contributed by atoms with E-state index < -0.39 is 0 Å². The molecule has 0 saturated carbocycles. The van der Waals surface area contributed by atoms with E-state index in [1.807, 2.05) is 38.1 Å². The Morgan fingerprint density at radius 3 is 2.88 bits per heavy atom. The van der Waals surface area contributed by atoms with Gasteiger partial charge in [0.15, 0.2) is 0 Å². The summed E-state index contributed by atoms with van der Waals surface area (Å²) in [6.45, 7) is 4.85. The van der Waals surface area contributed by atoms with Gasteiger partial charge in [-0.15, -0.1) is 0 Å². The molecule has 94 valence electrons.